The molecule has 5 nitrogen and oxygen atoms in total. The lowest BCUT2D eigenvalue weighted by molar-refractivity contribution is -0.195. The molecule has 0 N–H and O–H groups in total. The highest BCUT2D eigenvalue weighted by atomic mass is 16.7. The minimum Gasteiger partial charge on any atom is -0.353 e. The van der Waals surface area contributed by atoms with Gasteiger partial charge in [-0.3, -0.25) is 4.79 Å². The summed E-state index contributed by atoms with van der Waals surface area (Å²) in [5.41, 5.74) is 0. The number of rotatable bonds is 12. The highest BCUT2D eigenvalue weighted by Crippen LogP contribution is 2.37. The van der Waals surface area contributed by atoms with Gasteiger partial charge in [0.25, 0.3) is 0 Å². The van der Waals surface area contributed by atoms with Crippen molar-refractivity contribution in [1.29, 1.82) is 0 Å². The van der Waals surface area contributed by atoms with Crippen molar-refractivity contribution in [3.05, 3.63) is 24.8 Å². The zero-order valence-electron chi connectivity index (χ0n) is 19.3. The highest BCUT2D eigenvalue weighted by molar-refractivity contribution is 5.86. The Morgan fingerprint density at radius 3 is 2.48 bits per heavy atom. The van der Waals surface area contributed by atoms with Crippen molar-refractivity contribution in [2.45, 2.75) is 109 Å². The van der Waals surface area contributed by atoms with Crippen LogP contribution in [0.15, 0.2) is 24.8 Å². The minimum absolute atomic E-state index is 0.00604. The van der Waals surface area contributed by atoms with Crippen molar-refractivity contribution >= 4 is 5.78 Å². The number of carbonyl (C=O) groups excluding carboxylic acids is 1. The number of ketones is 1. The standard InChI is InChI=1S/C26H42O5/c1-3-5-6-12-20(30-25-13-7-9-17-28-25)15-16-21-22(11-4-2)24(19-23(21)27)31-26-14-8-10-18-29-26/h4,15-16,20-22,24-26H,2-3,5-14,17-19H2,1H3/t20-,21-,22+,24+,25?,26?/m0/s1. The van der Waals surface area contributed by atoms with Crippen molar-refractivity contribution in [1.82, 2.24) is 0 Å². The van der Waals surface area contributed by atoms with Crippen LogP contribution in [-0.2, 0) is 23.7 Å². The smallest absolute Gasteiger partial charge is 0.158 e. The Hall–Kier alpha value is -1.01. The van der Waals surface area contributed by atoms with Gasteiger partial charge in [0.05, 0.1) is 12.2 Å². The van der Waals surface area contributed by atoms with Gasteiger partial charge in [-0.2, -0.15) is 0 Å². The highest BCUT2D eigenvalue weighted by Gasteiger charge is 2.42. The first-order valence-corrected chi connectivity index (χ1v) is 12.6. The molecule has 1 aliphatic carbocycles. The molecule has 0 amide bonds. The van der Waals surface area contributed by atoms with E-state index in [1.165, 1.54) is 12.8 Å². The number of hydrogen-bond acceptors (Lipinski definition) is 5. The van der Waals surface area contributed by atoms with Crippen LogP contribution in [0.2, 0.25) is 0 Å². The summed E-state index contributed by atoms with van der Waals surface area (Å²) < 4.78 is 24.1. The van der Waals surface area contributed by atoms with Crippen molar-refractivity contribution in [2.75, 3.05) is 13.2 Å². The fraction of sp³-hybridized carbons (Fsp3) is 0.808. The molecule has 2 unspecified atom stereocenters. The van der Waals surface area contributed by atoms with E-state index in [1.807, 2.05) is 6.08 Å². The molecule has 176 valence electrons. The maximum absolute atomic E-state index is 12.9. The molecule has 0 bridgehead atoms. The molecule has 1 saturated carbocycles. The van der Waals surface area contributed by atoms with Gasteiger partial charge in [0, 0.05) is 31.5 Å². The predicted molar refractivity (Wildman–Crippen MR) is 122 cm³/mol. The molecule has 0 aromatic rings. The first-order valence-electron chi connectivity index (χ1n) is 12.6. The first kappa shape index (κ1) is 24.6. The van der Waals surface area contributed by atoms with Crippen LogP contribution in [0.5, 0.6) is 0 Å². The van der Waals surface area contributed by atoms with Crippen LogP contribution in [0.4, 0.5) is 0 Å². The van der Waals surface area contributed by atoms with Crippen LogP contribution in [0.3, 0.4) is 0 Å². The molecule has 2 heterocycles. The average molecular weight is 435 g/mol. The summed E-state index contributed by atoms with van der Waals surface area (Å²) in [6.07, 6.45) is 17.8. The Morgan fingerprint density at radius 1 is 1.10 bits per heavy atom. The molecular formula is C26H42O5. The molecule has 0 aromatic heterocycles. The van der Waals surface area contributed by atoms with Gasteiger partial charge in [-0.05, 0) is 51.4 Å². The van der Waals surface area contributed by atoms with E-state index in [9.17, 15) is 4.79 Å². The lowest BCUT2D eigenvalue weighted by atomic mass is 9.90. The van der Waals surface area contributed by atoms with E-state index < -0.39 is 0 Å². The van der Waals surface area contributed by atoms with Gasteiger partial charge in [-0.15, -0.1) is 6.58 Å². The SMILES string of the molecule is C=CC[C@@H]1[C@H](C=C[C@H](CCCCC)OC2CCCCO2)C(=O)C[C@H]1OC1CCCCO1. The summed E-state index contributed by atoms with van der Waals surface area (Å²) in [4.78, 5) is 12.9. The molecule has 2 aliphatic heterocycles. The largest absolute Gasteiger partial charge is 0.353 e. The number of hydrogen-bond donors (Lipinski definition) is 0. The van der Waals surface area contributed by atoms with Crippen LogP contribution in [-0.4, -0.2) is 43.8 Å². The molecule has 2 saturated heterocycles. The van der Waals surface area contributed by atoms with Crippen LogP contribution in [0.1, 0.15) is 84.0 Å². The number of Topliss-reactive ketones (excluding diaryl/α,β-unsaturated/α-hetero) is 1. The summed E-state index contributed by atoms with van der Waals surface area (Å²) in [5.74, 6) is 0.232. The monoisotopic (exact) mass is 434 g/mol. The Kier molecular flexibility index (Phi) is 10.7. The third-order valence-electron chi connectivity index (χ3n) is 6.71. The average Bonchev–Trinajstić information content (AvgIpc) is 3.07. The molecule has 6 atom stereocenters. The van der Waals surface area contributed by atoms with E-state index in [0.717, 1.165) is 71.0 Å². The van der Waals surface area contributed by atoms with E-state index in [0.29, 0.717) is 6.42 Å². The van der Waals surface area contributed by atoms with Crippen LogP contribution < -0.4 is 0 Å². The second-order valence-corrected chi connectivity index (χ2v) is 9.21. The molecular weight excluding hydrogens is 392 g/mol. The van der Waals surface area contributed by atoms with Crippen molar-refractivity contribution in [3.8, 4) is 0 Å². The molecule has 0 radical (unpaired) electrons. The minimum atomic E-state index is -0.171. The Labute approximate surface area is 188 Å². The fourth-order valence-corrected chi connectivity index (χ4v) is 4.92. The van der Waals surface area contributed by atoms with Crippen molar-refractivity contribution < 1.29 is 23.7 Å². The summed E-state index contributed by atoms with van der Waals surface area (Å²) in [6.45, 7) is 7.66. The maximum atomic E-state index is 12.9. The van der Waals surface area contributed by atoms with Gasteiger partial charge >= 0.3 is 0 Å². The summed E-state index contributed by atoms with van der Waals surface area (Å²) in [5, 5.41) is 0. The zero-order valence-corrected chi connectivity index (χ0v) is 19.3. The molecule has 3 rings (SSSR count). The molecule has 3 aliphatic rings. The third kappa shape index (κ3) is 7.81. The summed E-state index contributed by atoms with van der Waals surface area (Å²) in [6, 6.07) is 0. The number of ether oxygens (including phenoxy) is 4. The third-order valence-corrected chi connectivity index (χ3v) is 6.71. The Balaban J connectivity index is 1.62. The molecule has 31 heavy (non-hydrogen) atoms. The molecule has 5 heteroatoms. The van der Waals surface area contributed by atoms with E-state index in [4.69, 9.17) is 18.9 Å². The van der Waals surface area contributed by atoms with Gasteiger partial charge in [-0.1, -0.05) is 44.4 Å². The lowest BCUT2D eigenvalue weighted by Crippen LogP contribution is -2.31. The van der Waals surface area contributed by atoms with E-state index in [1.54, 1.807) is 0 Å². The van der Waals surface area contributed by atoms with E-state index in [-0.39, 0.29) is 42.4 Å². The van der Waals surface area contributed by atoms with Crippen molar-refractivity contribution in [3.63, 3.8) is 0 Å². The normalized spacial score (nSPS) is 33.1. The predicted octanol–water partition coefficient (Wildman–Crippen LogP) is 5.73. The second-order valence-electron chi connectivity index (χ2n) is 9.21. The quantitative estimate of drug-likeness (QED) is 0.290. The van der Waals surface area contributed by atoms with E-state index >= 15 is 0 Å². The zero-order chi connectivity index (χ0) is 21.9. The van der Waals surface area contributed by atoms with Crippen LogP contribution in [0.25, 0.3) is 0 Å². The second kappa shape index (κ2) is 13.5. The van der Waals surface area contributed by atoms with Crippen LogP contribution >= 0.6 is 0 Å². The lowest BCUT2D eigenvalue weighted by Gasteiger charge is -2.29. The van der Waals surface area contributed by atoms with Crippen LogP contribution in [0, 0.1) is 11.8 Å². The molecule has 3 fully saturated rings. The van der Waals surface area contributed by atoms with Gasteiger partial charge in [0.2, 0.25) is 0 Å². The molecule has 0 aromatic carbocycles. The van der Waals surface area contributed by atoms with Gasteiger partial charge in [-0.25, -0.2) is 0 Å². The van der Waals surface area contributed by atoms with Crippen molar-refractivity contribution in [2.24, 2.45) is 11.8 Å². The van der Waals surface area contributed by atoms with Gasteiger partial charge in [0.1, 0.15) is 5.78 Å². The number of carbonyl (C=O) groups is 1. The maximum Gasteiger partial charge on any atom is 0.158 e. The Bertz CT molecular complexity index is 562. The topological polar surface area (TPSA) is 54.0 Å². The Morgan fingerprint density at radius 2 is 1.84 bits per heavy atom. The number of allylic oxidation sites excluding steroid dienone is 2. The van der Waals surface area contributed by atoms with Gasteiger partial charge in [0.15, 0.2) is 12.6 Å². The van der Waals surface area contributed by atoms with E-state index in [2.05, 4.69) is 25.7 Å². The van der Waals surface area contributed by atoms with Gasteiger partial charge < -0.3 is 18.9 Å². The first-order chi connectivity index (χ1) is 15.2. The fourth-order valence-electron chi connectivity index (χ4n) is 4.92. The summed E-state index contributed by atoms with van der Waals surface area (Å²) in [7, 11) is 0. The summed E-state index contributed by atoms with van der Waals surface area (Å²) >= 11 is 0. The molecule has 0 spiro atoms. The number of unbranched alkanes of at least 4 members (excludes halogenated alkanes) is 2.